The number of amides is 2. The number of nitrogens with zero attached hydrogens (tertiary/aromatic N) is 2. The van der Waals surface area contributed by atoms with Crippen molar-refractivity contribution in [2.24, 2.45) is 0 Å². The number of likely N-dealkylation sites (N-methyl/N-ethyl adjacent to an activating group) is 1. The highest BCUT2D eigenvalue weighted by atomic mass is 16.3. The minimum Gasteiger partial charge on any atom is -0.392 e. The van der Waals surface area contributed by atoms with Gasteiger partial charge in [0, 0.05) is 39.3 Å². The molecule has 6 heteroatoms. The standard InChI is InChI=1S/C23H29N3O3/c1-24-23(29)19-10-6-7-17(13-19)14-22(28)25(2)21(18-8-4-3-5-9-18)16-26-12-11-20(27)15-26/h3-10,13,20-21,27H,11-12,14-16H2,1-2H3,(H,24,29). The molecule has 1 aliphatic heterocycles. The lowest BCUT2D eigenvalue weighted by Gasteiger charge is -2.32. The molecule has 0 spiro atoms. The van der Waals surface area contributed by atoms with E-state index in [1.807, 2.05) is 43.4 Å². The van der Waals surface area contributed by atoms with Gasteiger partial charge in [0.2, 0.25) is 5.91 Å². The van der Waals surface area contributed by atoms with Gasteiger partial charge in [0.15, 0.2) is 0 Å². The highest BCUT2D eigenvalue weighted by Crippen LogP contribution is 2.24. The van der Waals surface area contributed by atoms with Gasteiger partial charge in [-0.3, -0.25) is 14.5 Å². The largest absolute Gasteiger partial charge is 0.392 e. The Balaban J connectivity index is 1.75. The summed E-state index contributed by atoms with van der Waals surface area (Å²) >= 11 is 0. The van der Waals surface area contributed by atoms with Gasteiger partial charge in [0.05, 0.1) is 18.6 Å². The zero-order chi connectivity index (χ0) is 20.8. The Morgan fingerprint density at radius 1 is 1.21 bits per heavy atom. The smallest absolute Gasteiger partial charge is 0.251 e. The number of hydrogen-bond acceptors (Lipinski definition) is 4. The molecule has 154 valence electrons. The summed E-state index contributed by atoms with van der Waals surface area (Å²) in [5.41, 5.74) is 2.43. The van der Waals surface area contributed by atoms with E-state index >= 15 is 0 Å². The summed E-state index contributed by atoms with van der Waals surface area (Å²) in [5.74, 6) is -0.171. The molecule has 1 fully saturated rings. The first-order valence-corrected chi connectivity index (χ1v) is 10.00. The summed E-state index contributed by atoms with van der Waals surface area (Å²) in [6.07, 6.45) is 0.707. The Morgan fingerprint density at radius 2 is 1.97 bits per heavy atom. The van der Waals surface area contributed by atoms with E-state index < -0.39 is 0 Å². The summed E-state index contributed by atoms with van der Waals surface area (Å²) in [7, 11) is 3.42. The fourth-order valence-corrected chi connectivity index (χ4v) is 3.79. The fourth-order valence-electron chi connectivity index (χ4n) is 3.79. The molecule has 1 heterocycles. The maximum Gasteiger partial charge on any atom is 0.251 e. The highest BCUT2D eigenvalue weighted by molar-refractivity contribution is 5.94. The third kappa shape index (κ3) is 5.43. The summed E-state index contributed by atoms with van der Waals surface area (Å²) < 4.78 is 0. The molecule has 29 heavy (non-hydrogen) atoms. The maximum absolute atomic E-state index is 13.1. The van der Waals surface area contributed by atoms with Crippen LogP contribution in [0.4, 0.5) is 0 Å². The summed E-state index contributed by atoms with van der Waals surface area (Å²) in [5, 5.41) is 12.5. The number of likely N-dealkylation sites (tertiary alicyclic amines) is 1. The molecule has 0 aromatic heterocycles. The number of carbonyl (C=O) groups is 2. The van der Waals surface area contributed by atoms with Gasteiger partial charge in [-0.1, -0.05) is 42.5 Å². The van der Waals surface area contributed by atoms with E-state index in [9.17, 15) is 14.7 Å². The monoisotopic (exact) mass is 395 g/mol. The molecule has 2 atom stereocenters. The number of rotatable bonds is 7. The van der Waals surface area contributed by atoms with Crippen LogP contribution in [0.2, 0.25) is 0 Å². The second-order valence-corrected chi connectivity index (χ2v) is 7.59. The third-order valence-electron chi connectivity index (χ3n) is 5.50. The van der Waals surface area contributed by atoms with Crippen molar-refractivity contribution in [3.8, 4) is 0 Å². The van der Waals surface area contributed by atoms with Gasteiger partial charge in [-0.25, -0.2) is 0 Å². The van der Waals surface area contributed by atoms with Crippen LogP contribution in [-0.2, 0) is 11.2 Å². The Kier molecular flexibility index (Phi) is 7.01. The molecular formula is C23H29N3O3. The summed E-state index contributed by atoms with van der Waals surface area (Å²) in [4.78, 5) is 28.9. The second kappa shape index (κ2) is 9.67. The van der Waals surface area contributed by atoms with Gasteiger partial charge >= 0.3 is 0 Å². The van der Waals surface area contributed by atoms with Crippen LogP contribution in [0.1, 0.15) is 33.9 Å². The van der Waals surface area contributed by atoms with Crippen LogP contribution in [0.3, 0.4) is 0 Å². The van der Waals surface area contributed by atoms with Gasteiger partial charge in [0.25, 0.3) is 5.91 Å². The van der Waals surface area contributed by atoms with Crippen molar-refractivity contribution in [2.45, 2.75) is 25.0 Å². The van der Waals surface area contributed by atoms with Gasteiger partial charge in [0.1, 0.15) is 0 Å². The van der Waals surface area contributed by atoms with E-state index in [1.165, 1.54) is 0 Å². The third-order valence-corrected chi connectivity index (χ3v) is 5.50. The molecule has 0 saturated carbocycles. The van der Waals surface area contributed by atoms with Crippen LogP contribution in [0.5, 0.6) is 0 Å². The van der Waals surface area contributed by atoms with Crippen LogP contribution in [0, 0.1) is 0 Å². The Bertz CT molecular complexity index is 840. The number of β-amino-alcohol motifs (C(OH)–C–C–N with tert-alkyl or cyclic N) is 1. The van der Waals surface area contributed by atoms with E-state index in [1.54, 1.807) is 30.1 Å². The van der Waals surface area contributed by atoms with E-state index in [-0.39, 0.29) is 30.4 Å². The number of aliphatic hydroxyl groups excluding tert-OH is 1. The number of hydrogen-bond donors (Lipinski definition) is 2. The van der Waals surface area contributed by atoms with Gasteiger partial charge in [-0.05, 0) is 29.7 Å². The van der Waals surface area contributed by atoms with Crippen molar-refractivity contribution < 1.29 is 14.7 Å². The van der Waals surface area contributed by atoms with E-state index in [2.05, 4.69) is 10.2 Å². The van der Waals surface area contributed by atoms with Crippen molar-refractivity contribution in [3.05, 3.63) is 71.3 Å². The Hall–Kier alpha value is -2.70. The van der Waals surface area contributed by atoms with Crippen molar-refractivity contribution in [3.63, 3.8) is 0 Å². The minimum atomic E-state index is -0.292. The summed E-state index contributed by atoms with van der Waals surface area (Å²) in [6.45, 7) is 2.15. The highest BCUT2D eigenvalue weighted by Gasteiger charge is 2.28. The fraction of sp³-hybridized carbons (Fsp3) is 0.391. The lowest BCUT2D eigenvalue weighted by Crippen LogP contribution is -2.39. The predicted octanol–water partition coefficient (Wildman–Crippen LogP) is 1.86. The number of carbonyl (C=O) groups excluding carboxylic acids is 2. The van der Waals surface area contributed by atoms with Crippen LogP contribution >= 0.6 is 0 Å². The molecule has 0 aliphatic carbocycles. The minimum absolute atomic E-state index is 0.00680. The number of aliphatic hydroxyl groups is 1. The van der Waals surface area contributed by atoms with Gasteiger partial charge in [-0.2, -0.15) is 0 Å². The van der Waals surface area contributed by atoms with Crippen LogP contribution in [0.15, 0.2) is 54.6 Å². The average molecular weight is 396 g/mol. The topological polar surface area (TPSA) is 72.9 Å². The molecule has 3 rings (SSSR count). The summed E-state index contributed by atoms with van der Waals surface area (Å²) in [6, 6.07) is 17.1. The quantitative estimate of drug-likeness (QED) is 0.751. The molecule has 6 nitrogen and oxygen atoms in total. The molecular weight excluding hydrogens is 366 g/mol. The van der Waals surface area contributed by atoms with E-state index in [0.717, 1.165) is 24.1 Å². The molecule has 0 bridgehead atoms. The molecule has 1 saturated heterocycles. The zero-order valence-electron chi connectivity index (χ0n) is 17.0. The maximum atomic E-state index is 13.1. The van der Waals surface area contributed by atoms with Crippen molar-refractivity contribution in [1.82, 2.24) is 15.1 Å². The number of nitrogens with one attached hydrogen (secondary N) is 1. The molecule has 2 amide bonds. The first kappa shape index (κ1) is 21.0. The van der Waals surface area contributed by atoms with E-state index in [0.29, 0.717) is 18.7 Å². The van der Waals surface area contributed by atoms with Gasteiger partial charge in [-0.15, -0.1) is 0 Å². The van der Waals surface area contributed by atoms with Crippen molar-refractivity contribution in [1.29, 1.82) is 0 Å². The molecule has 2 unspecified atom stereocenters. The SMILES string of the molecule is CNC(=O)c1cccc(CC(=O)N(C)C(CN2CCC(O)C2)c2ccccc2)c1. The second-order valence-electron chi connectivity index (χ2n) is 7.59. The Morgan fingerprint density at radius 3 is 2.62 bits per heavy atom. The lowest BCUT2D eigenvalue weighted by molar-refractivity contribution is -0.131. The van der Waals surface area contributed by atoms with Crippen LogP contribution in [0.25, 0.3) is 0 Å². The molecule has 0 radical (unpaired) electrons. The van der Waals surface area contributed by atoms with Crippen molar-refractivity contribution >= 4 is 11.8 Å². The molecule has 1 aliphatic rings. The molecule has 2 N–H and O–H groups in total. The lowest BCUT2D eigenvalue weighted by atomic mass is 10.0. The van der Waals surface area contributed by atoms with E-state index in [4.69, 9.17) is 0 Å². The first-order valence-electron chi connectivity index (χ1n) is 10.00. The predicted molar refractivity (Wildman–Crippen MR) is 113 cm³/mol. The Labute approximate surface area is 172 Å². The molecule has 2 aromatic rings. The van der Waals surface area contributed by atoms with Crippen molar-refractivity contribution in [2.75, 3.05) is 33.7 Å². The van der Waals surface area contributed by atoms with Crippen LogP contribution in [-0.4, -0.2) is 66.6 Å². The average Bonchev–Trinajstić information content (AvgIpc) is 3.16. The normalized spacial score (nSPS) is 17.7. The number of benzene rings is 2. The van der Waals surface area contributed by atoms with Crippen LogP contribution < -0.4 is 5.32 Å². The first-order chi connectivity index (χ1) is 14.0. The molecule has 2 aromatic carbocycles. The van der Waals surface area contributed by atoms with Gasteiger partial charge < -0.3 is 15.3 Å². The zero-order valence-corrected chi connectivity index (χ0v) is 17.0.